The number of hydrogen-bond donors (Lipinski definition) is 2. The van der Waals surface area contributed by atoms with Gasteiger partial charge in [0.15, 0.2) is 0 Å². The van der Waals surface area contributed by atoms with Gasteiger partial charge in [0.1, 0.15) is 11.6 Å². The lowest BCUT2D eigenvalue weighted by Gasteiger charge is -2.29. The number of H-pyrrole nitrogens is 1. The third-order valence-corrected chi connectivity index (χ3v) is 6.35. The number of nitrogens with zero attached hydrogens (tertiary/aromatic N) is 2. The van der Waals surface area contributed by atoms with Gasteiger partial charge in [-0.1, -0.05) is 25.0 Å². The smallest absolute Gasteiger partial charge is 0.346 e. The van der Waals surface area contributed by atoms with Gasteiger partial charge in [-0.2, -0.15) is 13.2 Å². The fourth-order valence-corrected chi connectivity index (χ4v) is 4.26. The molecule has 9 heteroatoms. The molecule has 1 amide bonds. The molecule has 1 aromatic carbocycles. The average Bonchev–Trinajstić information content (AvgIpc) is 3.28. The number of Topliss-reactive ketones (excluding diaryl/α,β-unsaturated/α-hetero) is 1. The van der Waals surface area contributed by atoms with Crippen LogP contribution < -0.4 is 5.32 Å². The van der Waals surface area contributed by atoms with Gasteiger partial charge in [-0.15, -0.1) is 0 Å². The minimum atomic E-state index is -4.43. The lowest BCUT2D eigenvalue weighted by molar-refractivity contribution is -0.137. The lowest BCUT2D eigenvalue weighted by Crippen LogP contribution is -2.40. The summed E-state index contributed by atoms with van der Waals surface area (Å²) in [6.45, 7) is 3.31. The summed E-state index contributed by atoms with van der Waals surface area (Å²) >= 11 is 0. The van der Waals surface area contributed by atoms with Crippen molar-refractivity contribution in [2.75, 3.05) is 20.1 Å². The van der Waals surface area contributed by atoms with Crippen LogP contribution in [-0.2, 0) is 15.8 Å². The number of rotatable bonds is 10. The molecule has 1 aromatic heterocycles. The molecule has 2 N–H and O–H groups in total. The lowest BCUT2D eigenvalue weighted by atomic mass is 9.95. The molecule has 0 spiro atoms. The van der Waals surface area contributed by atoms with Crippen LogP contribution in [0.3, 0.4) is 0 Å². The molecule has 2 heterocycles. The van der Waals surface area contributed by atoms with E-state index in [2.05, 4.69) is 20.2 Å². The topological polar surface area (TPSA) is 78.1 Å². The summed E-state index contributed by atoms with van der Waals surface area (Å²) in [5, 5.41) is 3.12. The van der Waals surface area contributed by atoms with Crippen LogP contribution in [-0.4, -0.2) is 46.7 Å². The normalized spacial score (nSPS) is 16.4. The Morgan fingerprint density at radius 3 is 2.62 bits per heavy atom. The number of imidazole rings is 1. The zero-order valence-corrected chi connectivity index (χ0v) is 19.8. The van der Waals surface area contributed by atoms with Crippen LogP contribution in [0.4, 0.5) is 13.2 Å². The van der Waals surface area contributed by atoms with Gasteiger partial charge >= 0.3 is 6.18 Å². The zero-order valence-electron chi connectivity index (χ0n) is 19.8. The van der Waals surface area contributed by atoms with Gasteiger partial charge in [0, 0.05) is 17.9 Å². The van der Waals surface area contributed by atoms with E-state index in [1.807, 2.05) is 7.05 Å². The van der Waals surface area contributed by atoms with Gasteiger partial charge in [-0.05, 0) is 64.9 Å². The summed E-state index contributed by atoms with van der Waals surface area (Å²) in [5.41, 5.74) is 0.130. The maximum atomic E-state index is 13.1. The second-order valence-corrected chi connectivity index (χ2v) is 9.20. The summed E-state index contributed by atoms with van der Waals surface area (Å²) in [4.78, 5) is 33.9. The van der Waals surface area contributed by atoms with Crippen LogP contribution in [0.1, 0.15) is 69.3 Å². The molecule has 1 saturated heterocycles. The first-order chi connectivity index (χ1) is 16.1. The molecule has 1 aliphatic heterocycles. The van der Waals surface area contributed by atoms with E-state index in [0.717, 1.165) is 57.3 Å². The number of ketones is 1. The minimum Gasteiger partial charge on any atom is -0.346 e. The molecule has 6 nitrogen and oxygen atoms in total. The highest BCUT2D eigenvalue weighted by Gasteiger charge is 2.31. The fourth-order valence-electron chi connectivity index (χ4n) is 4.26. The van der Waals surface area contributed by atoms with E-state index < -0.39 is 11.7 Å². The quantitative estimate of drug-likeness (QED) is 0.464. The van der Waals surface area contributed by atoms with Crippen molar-refractivity contribution in [2.24, 2.45) is 5.92 Å². The Bertz CT molecular complexity index is 965. The summed E-state index contributed by atoms with van der Waals surface area (Å²) < 4.78 is 39.3. The Morgan fingerprint density at radius 1 is 1.21 bits per heavy atom. The van der Waals surface area contributed by atoms with Crippen molar-refractivity contribution in [1.29, 1.82) is 0 Å². The average molecular weight is 479 g/mol. The number of alkyl halides is 3. The third-order valence-electron chi connectivity index (χ3n) is 6.35. The maximum Gasteiger partial charge on any atom is 0.416 e. The van der Waals surface area contributed by atoms with Gasteiger partial charge in [0.25, 0.3) is 0 Å². The first kappa shape index (κ1) is 25.9. The number of aromatic amines is 1. The number of piperidine rings is 1. The number of likely N-dealkylation sites (tertiary alicyclic amines) is 1. The summed E-state index contributed by atoms with van der Waals surface area (Å²) in [7, 11) is 2.04. The van der Waals surface area contributed by atoms with E-state index in [9.17, 15) is 22.8 Å². The van der Waals surface area contributed by atoms with E-state index in [-0.39, 0.29) is 23.7 Å². The number of carbonyl (C=O) groups is 2. The maximum absolute atomic E-state index is 13.1. The Morgan fingerprint density at radius 2 is 1.94 bits per heavy atom. The molecule has 0 aliphatic carbocycles. The van der Waals surface area contributed by atoms with Crippen LogP contribution in [0.25, 0.3) is 11.3 Å². The predicted molar refractivity (Wildman–Crippen MR) is 124 cm³/mol. The first-order valence-electron chi connectivity index (χ1n) is 11.8. The molecular weight excluding hydrogens is 445 g/mol. The van der Waals surface area contributed by atoms with E-state index in [0.29, 0.717) is 29.9 Å². The SMILES string of the molecule is CC(=O)CCCCC[C@H](NC(=O)C1CCN(C)CC1)c1ncc(-c2cccc(C(F)(F)F)c2)[nH]1. The Labute approximate surface area is 198 Å². The van der Waals surface area contributed by atoms with Crippen LogP contribution in [0.2, 0.25) is 0 Å². The predicted octanol–water partition coefficient (Wildman–Crippen LogP) is 5.13. The molecule has 2 aromatic rings. The molecule has 0 unspecified atom stereocenters. The van der Waals surface area contributed by atoms with Gasteiger partial charge in [0.05, 0.1) is 23.5 Å². The van der Waals surface area contributed by atoms with Gasteiger partial charge < -0.3 is 20.0 Å². The fraction of sp³-hybridized carbons (Fsp3) is 0.560. The number of nitrogens with one attached hydrogen (secondary N) is 2. The molecule has 0 bridgehead atoms. The molecule has 1 atom stereocenters. The molecule has 3 rings (SSSR count). The minimum absolute atomic E-state index is 0.0149. The second-order valence-electron chi connectivity index (χ2n) is 9.20. The van der Waals surface area contributed by atoms with Crippen LogP contribution in [0, 0.1) is 5.92 Å². The molecule has 186 valence electrons. The van der Waals surface area contributed by atoms with Crippen molar-refractivity contribution in [3.8, 4) is 11.3 Å². The van der Waals surface area contributed by atoms with Crippen molar-refractivity contribution in [3.05, 3.63) is 41.9 Å². The number of carbonyl (C=O) groups excluding carboxylic acids is 2. The number of halogens is 3. The number of unbranched alkanes of at least 4 members (excludes halogenated alkanes) is 2. The first-order valence-corrected chi connectivity index (χ1v) is 11.8. The van der Waals surface area contributed by atoms with Crippen molar-refractivity contribution in [1.82, 2.24) is 20.2 Å². The summed E-state index contributed by atoms with van der Waals surface area (Å²) in [6.07, 6.45) is 2.27. The van der Waals surface area contributed by atoms with Crippen molar-refractivity contribution in [2.45, 2.75) is 64.1 Å². The number of amides is 1. The van der Waals surface area contributed by atoms with E-state index in [1.165, 1.54) is 12.3 Å². The largest absolute Gasteiger partial charge is 0.416 e. The molecule has 1 fully saturated rings. The molecule has 34 heavy (non-hydrogen) atoms. The highest BCUT2D eigenvalue weighted by molar-refractivity contribution is 5.79. The number of hydrogen-bond acceptors (Lipinski definition) is 4. The van der Waals surface area contributed by atoms with Crippen molar-refractivity contribution < 1.29 is 22.8 Å². The van der Waals surface area contributed by atoms with Crippen LogP contribution in [0.15, 0.2) is 30.5 Å². The van der Waals surface area contributed by atoms with Gasteiger partial charge in [-0.25, -0.2) is 4.98 Å². The monoisotopic (exact) mass is 478 g/mol. The summed E-state index contributed by atoms with van der Waals surface area (Å²) in [5.74, 6) is 0.609. The Hall–Kier alpha value is -2.68. The highest BCUT2D eigenvalue weighted by atomic mass is 19.4. The molecule has 0 radical (unpaired) electrons. The van der Waals surface area contributed by atoms with Crippen molar-refractivity contribution >= 4 is 11.7 Å². The highest BCUT2D eigenvalue weighted by Crippen LogP contribution is 2.32. The van der Waals surface area contributed by atoms with Crippen LogP contribution >= 0.6 is 0 Å². The second kappa shape index (κ2) is 11.6. The Balaban J connectivity index is 1.73. The van der Waals surface area contributed by atoms with Gasteiger partial charge in [0.2, 0.25) is 5.91 Å². The Kier molecular flexibility index (Phi) is 8.88. The van der Waals surface area contributed by atoms with Crippen LogP contribution in [0.5, 0.6) is 0 Å². The molecular formula is C25H33F3N4O2. The van der Waals surface area contributed by atoms with E-state index >= 15 is 0 Å². The van der Waals surface area contributed by atoms with E-state index in [1.54, 1.807) is 13.0 Å². The van der Waals surface area contributed by atoms with E-state index in [4.69, 9.17) is 0 Å². The zero-order chi connectivity index (χ0) is 24.7. The summed E-state index contributed by atoms with van der Waals surface area (Å²) in [6, 6.07) is 4.72. The number of benzene rings is 1. The van der Waals surface area contributed by atoms with Gasteiger partial charge in [-0.3, -0.25) is 4.79 Å². The molecule has 1 aliphatic rings. The molecule has 0 saturated carbocycles. The third kappa shape index (κ3) is 7.41. The standard InChI is InChI=1S/C25H33F3N4O2/c1-17(33)7-4-3-5-10-21(31-24(34)18-11-13-32(2)14-12-18)23-29-16-22(30-23)19-8-6-9-20(15-19)25(26,27)28/h6,8-9,15-16,18,21H,3-5,7,10-14H2,1-2H3,(H,29,30)(H,31,34)/t21-/m0/s1. The number of aromatic nitrogens is 2. The van der Waals surface area contributed by atoms with Crippen molar-refractivity contribution in [3.63, 3.8) is 0 Å².